The van der Waals surface area contributed by atoms with Crippen LogP contribution in [0.15, 0.2) is 0 Å². The molecule has 2 rings (SSSR count). The molecular weight excluding hydrogens is 248 g/mol. The summed E-state index contributed by atoms with van der Waals surface area (Å²) in [6.07, 6.45) is 9.28. The average molecular weight is 282 g/mol. The normalized spacial score (nSPS) is 25.2. The van der Waals surface area contributed by atoms with Gasteiger partial charge in [-0.2, -0.15) is 0 Å². The highest BCUT2D eigenvalue weighted by Gasteiger charge is 2.36. The molecule has 2 aliphatic rings. The van der Waals surface area contributed by atoms with E-state index in [4.69, 9.17) is 10.5 Å². The second kappa shape index (κ2) is 7.24. The van der Waals surface area contributed by atoms with Crippen molar-refractivity contribution in [1.82, 2.24) is 5.32 Å². The third-order valence-electron chi connectivity index (χ3n) is 5.49. The van der Waals surface area contributed by atoms with E-state index in [0.717, 1.165) is 45.1 Å². The number of rotatable bonds is 7. The molecule has 2 fully saturated rings. The van der Waals surface area contributed by atoms with Gasteiger partial charge in [0, 0.05) is 26.3 Å². The molecule has 0 aromatic rings. The predicted octanol–water partition coefficient (Wildman–Crippen LogP) is 2.94. The summed E-state index contributed by atoms with van der Waals surface area (Å²) in [5.74, 6) is 0.807. The molecule has 1 aliphatic heterocycles. The zero-order chi connectivity index (χ0) is 14.5. The second-order valence-electron chi connectivity index (χ2n) is 7.73. The van der Waals surface area contributed by atoms with Crippen molar-refractivity contribution in [3.8, 4) is 0 Å². The van der Waals surface area contributed by atoms with Crippen molar-refractivity contribution in [2.75, 3.05) is 32.8 Å². The van der Waals surface area contributed by atoms with Crippen molar-refractivity contribution in [2.45, 2.75) is 58.8 Å². The lowest BCUT2D eigenvalue weighted by molar-refractivity contribution is 0.0177. The van der Waals surface area contributed by atoms with Crippen molar-refractivity contribution in [1.29, 1.82) is 0 Å². The summed E-state index contributed by atoms with van der Waals surface area (Å²) in [5, 5.41) is 3.80. The summed E-state index contributed by atoms with van der Waals surface area (Å²) in [5.41, 5.74) is 6.90. The first-order valence-corrected chi connectivity index (χ1v) is 8.58. The van der Waals surface area contributed by atoms with Gasteiger partial charge in [0.05, 0.1) is 0 Å². The third-order valence-corrected chi connectivity index (χ3v) is 5.49. The zero-order valence-corrected chi connectivity index (χ0v) is 13.5. The van der Waals surface area contributed by atoms with E-state index >= 15 is 0 Å². The molecule has 1 aliphatic carbocycles. The van der Waals surface area contributed by atoms with Crippen molar-refractivity contribution >= 4 is 0 Å². The van der Waals surface area contributed by atoms with E-state index in [2.05, 4.69) is 19.2 Å². The van der Waals surface area contributed by atoms with Crippen LogP contribution < -0.4 is 11.1 Å². The molecule has 0 aromatic heterocycles. The fourth-order valence-corrected chi connectivity index (χ4v) is 4.29. The van der Waals surface area contributed by atoms with Crippen molar-refractivity contribution in [2.24, 2.45) is 22.5 Å². The molecule has 118 valence electrons. The molecule has 1 heterocycles. The van der Waals surface area contributed by atoms with Gasteiger partial charge in [-0.05, 0) is 55.4 Å². The Kier molecular flexibility index (Phi) is 5.88. The van der Waals surface area contributed by atoms with Crippen LogP contribution in [0, 0.1) is 16.7 Å². The smallest absolute Gasteiger partial charge is 0.0472 e. The van der Waals surface area contributed by atoms with E-state index in [1.807, 2.05) is 0 Å². The first-order chi connectivity index (χ1) is 9.60. The van der Waals surface area contributed by atoms with Crippen molar-refractivity contribution in [3.05, 3.63) is 0 Å². The molecular formula is C17H34N2O. The molecule has 0 radical (unpaired) electrons. The fraction of sp³-hybridized carbons (Fsp3) is 1.00. The SMILES string of the molecule is CC(C)CC1(CNCC2(CN)CCOCC2)CCCC1. The molecule has 0 spiro atoms. The van der Waals surface area contributed by atoms with Crippen molar-refractivity contribution in [3.63, 3.8) is 0 Å². The number of nitrogens with two attached hydrogens (primary N) is 1. The van der Waals surface area contributed by atoms with Crippen LogP contribution in [0.3, 0.4) is 0 Å². The molecule has 20 heavy (non-hydrogen) atoms. The molecule has 1 saturated heterocycles. The largest absolute Gasteiger partial charge is 0.381 e. The maximum atomic E-state index is 6.05. The summed E-state index contributed by atoms with van der Waals surface area (Å²) >= 11 is 0. The maximum absolute atomic E-state index is 6.05. The summed E-state index contributed by atoms with van der Waals surface area (Å²) in [6, 6.07) is 0. The van der Waals surface area contributed by atoms with Gasteiger partial charge >= 0.3 is 0 Å². The predicted molar refractivity (Wildman–Crippen MR) is 84.8 cm³/mol. The van der Waals surface area contributed by atoms with Crippen LogP contribution in [0.5, 0.6) is 0 Å². The molecule has 0 atom stereocenters. The van der Waals surface area contributed by atoms with Gasteiger partial charge in [-0.3, -0.25) is 0 Å². The highest BCUT2D eigenvalue weighted by Crippen LogP contribution is 2.42. The van der Waals surface area contributed by atoms with Gasteiger partial charge in [0.2, 0.25) is 0 Å². The van der Waals surface area contributed by atoms with E-state index < -0.39 is 0 Å². The highest BCUT2D eigenvalue weighted by molar-refractivity contribution is 4.90. The Hall–Kier alpha value is -0.120. The van der Waals surface area contributed by atoms with Crippen molar-refractivity contribution < 1.29 is 4.74 Å². The van der Waals surface area contributed by atoms with E-state index in [-0.39, 0.29) is 5.41 Å². The highest BCUT2D eigenvalue weighted by atomic mass is 16.5. The fourth-order valence-electron chi connectivity index (χ4n) is 4.29. The monoisotopic (exact) mass is 282 g/mol. The topological polar surface area (TPSA) is 47.3 Å². The Balaban J connectivity index is 1.83. The quantitative estimate of drug-likeness (QED) is 0.755. The first kappa shape index (κ1) is 16.3. The van der Waals surface area contributed by atoms with E-state index in [1.54, 1.807) is 0 Å². The van der Waals surface area contributed by atoms with Crippen LogP contribution in [-0.2, 0) is 4.74 Å². The molecule has 0 aromatic carbocycles. The molecule has 0 amide bonds. The Bertz CT molecular complexity index is 279. The Morgan fingerprint density at radius 3 is 2.15 bits per heavy atom. The van der Waals surface area contributed by atoms with Crippen LogP contribution in [0.1, 0.15) is 58.8 Å². The molecule has 3 heteroatoms. The minimum atomic E-state index is 0.288. The van der Waals surface area contributed by atoms with Crippen LogP contribution in [0.2, 0.25) is 0 Å². The lowest BCUT2D eigenvalue weighted by atomic mass is 9.77. The summed E-state index contributed by atoms with van der Waals surface area (Å²) in [7, 11) is 0. The summed E-state index contributed by atoms with van der Waals surface area (Å²) in [6.45, 7) is 9.55. The van der Waals surface area contributed by atoms with E-state index in [9.17, 15) is 0 Å². The Morgan fingerprint density at radius 1 is 1.00 bits per heavy atom. The van der Waals surface area contributed by atoms with Gasteiger partial charge in [0.25, 0.3) is 0 Å². The number of nitrogens with one attached hydrogen (secondary N) is 1. The lowest BCUT2D eigenvalue weighted by Crippen LogP contribution is -2.46. The number of ether oxygens (including phenoxy) is 1. The second-order valence-corrected chi connectivity index (χ2v) is 7.73. The van der Waals surface area contributed by atoms with Crippen LogP contribution in [0.25, 0.3) is 0 Å². The van der Waals surface area contributed by atoms with E-state index in [1.165, 1.54) is 38.6 Å². The third kappa shape index (κ3) is 4.19. The van der Waals surface area contributed by atoms with E-state index in [0.29, 0.717) is 5.41 Å². The number of hydrogen-bond acceptors (Lipinski definition) is 3. The first-order valence-electron chi connectivity index (χ1n) is 8.58. The average Bonchev–Trinajstić information content (AvgIpc) is 2.87. The summed E-state index contributed by atoms with van der Waals surface area (Å²) < 4.78 is 5.50. The Labute approximate surface area is 125 Å². The number of hydrogen-bond donors (Lipinski definition) is 2. The minimum absolute atomic E-state index is 0.288. The Morgan fingerprint density at radius 2 is 1.60 bits per heavy atom. The van der Waals surface area contributed by atoms with Gasteiger partial charge in [-0.1, -0.05) is 26.7 Å². The molecule has 0 bridgehead atoms. The van der Waals surface area contributed by atoms with Gasteiger partial charge in [-0.25, -0.2) is 0 Å². The maximum Gasteiger partial charge on any atom is 0.0472 e. The summed E-state index contributed by atoms with van der Waals surface area (Å²) in [4.78, 5) is 0. The lowest BCUT2D eigenvalue weighted by Gasteiger charge is -2.38. The van der Waals surface area contributed by atoms with Gasteiger partial charge in [0.1, 0.15) is 0 Å². The molecule has 1 saturated carbocycles. The molecule has 3 nitrogen and oxygen atoms in total. The molecule has 3 N–H and O–H groups in total. The van der Waals surface area contributed by atoms with Crippen LogP contribution >= 0.6 is 0 Å². The zero-order valence-electron chi connectivity index (χ0n) is 13.5. The standard InChI is InChI=1S/C17H34N2O/c1-15(2)11-16(5-3-4-6-16)13-19-14-17(12-18)7-9-20-10-8-17/h15,19H,3-14,18H2,1-2H3. The van der Waals surface area contributed by atoms with Gasteiger partial charge < -0.3 is 15.8 Å². The minimum Gasteiger partial charge on any atom is -0.381 e. The van der Waals surface area contributed by atoms with Crippen LogP contribution in [-0.4, -0.2) is 32.8 Å². The van der Waals surface area contributed by atoms with Gasteiger partial charge in [-0.15, -0.1) is 0 Å². The van der Waals surface area contributed by atoms with Gasteiger partial charge in [0.15, 0.2) is 0 Å². The van der Waals surface area contributed by atoms with Crippen LogP contribution in [0.4, 0.5) is 0 Å². The molecule has 0 unspecified atom stereocenters.